The minimum Gasteiger partial charge on any atom is -0.379 e. The molecule has 164 valence electrons. The fourth-order valence-electron chi connectivity index (χ4n) is 4.49. The van der Waals surface area contributed by atoms with Crippen molar-refractivity contribution in [3.8, 4) is 5.69 Å². The van der Waals surface area contributed by atoms with Gasteiger partial charge in [0.05, 0.1) is 35.8 Å². The predicted octanol–water partition coefficient (Wildman–Crippen LogP) is 3.47. The summed E-state index contributed by atoms with van der Waals surface area (Å²) in [4.78, 5) is 19.9. The molecule has 0 N–H and O–H groups in total. The fourth-order valence-corrected chi connectivity index (χ4v) is 4.49. The summed E-state index contributed by atoms with van der Waals surface area (Å²) in [6.07, 6.45) is 6.57. The number of hydrogen-bond acceptors (Lipinski definition) is 4. The van der Waals surface area contributed by atoms with Gasteiger partial charge in [0.25, 0.3) is 5.91 Å². The minimum atomic E-state index is 0.0257. The van der Waals surface area contributed by atoms with E-state index in [-0.39, 0.29) is 11.8 Å². The predicted molar refractivity (Wildman–Crippen MR) is 122 cm³/mol. The van der Waals surface area contributed by atoms with Gasteiger partial charge in [-0.05, 0) is 56.7 Å². The van der Waals surface area contributed by atoms with Crippen molar-refractivity contribution in [3.63, 3.8) is 0 Å². The van der Waals surface area contributed by atoms with E-state index in [0.29, 0.717) is 31.9 Å². The number of amides is 1. The molecule has 7 nitrogen and oxygen atoms in total. The van der Waals surface area contributed by atoms with Crippen molar-refractivity contribution < 1.29 is 9.53 Å². The molecular formula is C25H27N5O2. The van der Waals surface area contributed by atoms with E-state index in [9.17, 15) is 4.79 Å². The SMILES string of the molecule is Cc1cc(C)n(-c2cccc(C(=O)N3CCOCC(Cc4nccn5cccc45)C3)c2)n1. The van der Waals surface area contributed by atoms with Crippen LogP contribution in [0, 0.1) is 19.8 Å². The molecule has 0 saturated carbocycles. The van der Waals surface area contributed by atoms with Crippen molar-refractivity contribution in [1.29, 1.82) is 0 Å². The molecule has 1 fully saturated rings. The van der Waals surface area contributed by atoms with Crippen LogP contribution in [-0.2, 0) is 11.2 Å². The summed E-state index contributed by atoms with van der Waals surface area (Å²) in [7, 11) is 0. The second kappa shape index (κ2) is 8.59. The van der Waals surface area contributed by atoms with Gasteiger partial charge in [0.15, 0.2) is 0 Å². The standard InChI is InChI=1S/C25H27N5O2/c1-18-13-19(2)30(27-18)22-6-3-5-21(15-22)25(31)29-11-12-32-17-20(16-29)14-23-24-7-4-9-28(24)10-8-26-23/h3-10,13,15,20H,11-12,14,16-17H2,1-2H3. The van der Waals surface area contributed by atoms with Crippen LogP contribution in [0.15, 0.2) is 61.1 Å². The molecule has 0 radical (unpaired) electrons. The Morgan fingerprint density at radius 3 is 2.91 bits per heavy atom. The Hall–Kier alpha value is -3.45. The van der Waals surface area contributed by atoms with Crippen LogP contribution in [0.3, 0.4) is 0 Å². The van der Waals surface area contributed by atoms with Crippen LogP contribution < -0.4 is 0 Å². The van der Waals surface area contributed by atoms with Crippen LogP contribution in [0.5, 0.6) is 0 Å². The molecule has 1 saturated heterocycles. The number of aryl methyl sites for hydroxylation is 2. The first kappa shape index (κ1) is 20.5. The second-order valence-corrected chi connectivity index (χ2v) is 8.46. The number of fused-ring (bicyclic) bond motifs is 1. The van der Waals surface area contributed by atoms with Crippen molar-refractivity contribution in [2.45, 2.75) is 20.3 Å². The Bertz CT molecular complexity index is 1260. The largest absolute Gasteiger partial charge is 0.379 e. The third-order valence-electron chi connectivity index (χ3n) is 5.99. The lowest BCUT2D eigenvalue weighted by Crippen LogP contribution is -2.36. The minimum absolute atomic E-state index is 0.0257. The summed E-state index contributed by atoms with van der Waals surface area (Å²) in [6, 6.07) is 13.8. The van der Waals surface area contributed by atoms with Gasteiger partial charge in [-0.3, -0.25) is 9.78 Å². The average Bonchev–Trinajstić information content (AvgIpc) is 3.34. The van der Waals surface area contributed by atoms with Crippen LogP contribution in [0.4, 0.5) is 0 Å². The van der Waals surface area contributed by atoms with Crippen LogP contribution in [0.25, 0.3) is 11.2 Å². The number of nitrogens with zero attached hydrogens (tertiary/aromatic N) is 5. The molecule has 0 bridgehead atoms. The molecule has 1 aliphatic rings. The first-order valence-electron chi connectivity index (χ1n) is 11.0. The van der Waals surface area contributed by atoms with E-state index in [2.05, 4.69) is 20.5 Å². The number of rotatable bonds is 4. The molecule has 7 heteroatoms. The molecule has 1 atom stereocenters. The summed E-state index contributed by atoms with van der Waals surface area (Å²) in [5.74, 6) is 0.215. The van der Waals surface area contributed by atoms with E-state index in [0.717, 1.165) is 34.7 Å². The molecule has 1 aromatic carbocycles. The summed E-state index contributed by atoms with van der Waals surface area (Å²) >= 11 is 0. The molecule has 0 spiro atoms. The molecule has 5 rings (SSSR count). The molecule has 1 amide bonds. The molecule has 0 aliphatic carbocycles. The molecule has 3 aromatic heterocycles. The number of benzene rings is 1. The summed E-state index contributed by atoms with van der Waals surface area (Å²) in [6.45, 7) is 6.39. The van der Waals surface area contributed by atoms with Gasteiger partial charge >= 0.3 is 0 Å². The summed E-state index contributed by atoms with van der Waals surface area (Å²) < 4.78 is 9.81. The molecule has 1 aliphatic heterocycles. The van der Waals surface area contributed by atoms with Crippen molar-refractivity contribution in [3.05, 3.63) is 83.7 Å². The number of ether oxygens (including phenoxy) is 1. The van der Waals surface area contributed by atoms with Gasteiger partial charge < -0.3 is 14.0 Å². The Kier molecular flexibility index (Phi) is 5.49. The van der Waals surface area contributed by atoms with Gasteiger partial charge in [0, 0.05) is 48.9 Å². The van der Waals surface area contributed by atoms with Gasteiger partial charge in [-0.15, -0.1) is 0 Å². The maximum Gasteiger partial charge on any atom is 0.254 e. The normalized spacial score (nSPS) is 16.9. The molecule has 4 heterocycles. The Morgan fingerprint density at radius 2 is 2.06 bits per heavy atom. The smallest absolute Gasteiger partial charge is 0.254 e. The van der Waals surface area contributed by atoms with E-state index in [4.69, 9.17) is 4.74 Å². The van der Waals surface area contributed by atoms with Gasteiger partial charge in [0.2, 0.25) is 0 Å². The molecular weight excluding hydrogens is 402 g/mol. The highest BCUT2D eigenvalue weighted by atomic mass is 16.5. The highest BCUT2D eigenvalue weighted by Gasteiger charge is 2.25. The molecule has 32 heavy (non-hydrogen) atoms. The van der Waals surface area contributed by atoms with E-state index >= 15 is 0 Å². The number of hydrogen-bond donors (Lipinski definition) is 0. The summed E-state index contributed by atoms with van der Waals surface area (Å²) in [5.41, 5.74) is 5.70. The van der Waals surface area contributed by atoms with Gasteiger partial charge in [-0.2, -0.15) is 5.10 Å². The van der Waals surface area contributed by atoms with Crippen LogP contribution >= 0.6 is 0 Å². The van der Waals surface area contributed by atoms with Crippen molar-refractivity contribution >= 4 is 11.4 Å². The highest BCUT2D eigenvalue weighted by molar-refractivity contribution is 5.94. The zero-order valence-corrected chi connectivity index (χ0v) is 18.4. The quantitative estimate of drug-likeness (QED) is 0.498. The number of aromatic nitrogens is 4. The van der Waals surface area contributed by atoms with E-state index < -0.39 is 0 Å². The molecule has 4 aromatic rings. The number of carbonyl (C=O) groups excluding carboxylic acids is 1. The first-order valence-corrected chi connectivity index (χ1v) is 11.0. The highest BCUT2D eigenvalue weighted by Crippen LogP contribution is 2.20. The van der Waals surface area contributed by atoms with E-state index in [1.807, 2.05) is 78.4 Å². The zero-order valence-electron chi connectivity index (χ0n) is 18.4. The van der Waals surface area contributed by atoms with Crippen LogP contribution in [0.2, 0.25) is 0 Å². The Morgan fingerprint density at radius 1 is 1.16 bits per heavy atom. The third kappa shape index (κ3) is 4.03. The Balaban J connectivity index is 1.36. The topological polar surface area (TPSA) is 64.7 Å². The van der Waals surface area contributed by atoms with Gasteiger partial charge in [0.1, 0.15) is 0 Å². The van der Waals surface area contributed by atoms with Crippen molar-refractivity contribution in [2.75, 3.05) is 26.3 Å². The maximum atomic E-state index is 13.4. The van der Waals surface area contributed by atoms with Crippen molar-refractivity contribution in [1.82, 2.24) is 24.1 Å². The number of carbonyl (C=O) groups is 1. The summed E-state index contributed by atoms with van der Waals surface area (Å²) in [5, 5.41) is 4.55. The third-order valence-corrected chi connectivity index (χ3v) is 5.99. The second-order valence-electron chi connectivity index (χ2n) is 8.46. The lowest BCUT2D eigenvalue weighted by Gasteiger charge is -2.24. The average molecular weight is 430 g/mol. The zero-order chi connectivity index (χ0) is 22.1. The monoisotopic (exact) mass is 429 g/mol. The lowest BCUT2D eigenvalue weighted by atomic mass is 10.0. The lowest BCUT2D eigenvalue weighted by molar-refractivity contribution is 0.0737. The maximum absolute atomic E-state index is 13.4. The van der Waals surface area contributed by atoms with Crippen LogP contribution in [-0.4, -0.2) is 56.3 Å². The Labute approximate surface area is 187 Å². The van der Waals surface area contributed by atoms with E-state index in [1.165, 1.54) is 0 Å². The first-order chi connectivity index (χ1) is 15.6. The van der Waals surface area contributed by atoms with Crippen molar-refractivity contribution in [2.24, 2.45) is 5.92 Å². The molecule has 1 unspecified atom stereocenters. The van der Waals surface area contributed by atoms with Crippen LogP contribution in [0.1, 0.15) is 27.4 Å². The fraction of sp³-hybridized carbons (Fsp3) is 0.320. The van der Waals surface area contributed by atoms with Gasteiger partial charge in [-0.25, -0.2) is 4.68 Å². The van der Waals surface area contributed by atoms with Gasteiger partial charge in [-0.1, -0.05) is 6.07 Å². The van der Waals surface area contributed by atoms with E-state index in [1.54, 1.807) is 0 Å².